The molecule has 12 heteroatoms. The molecule has 5 N–H and O–H groups in total. The van der Waals surface area contributed by atoms with Crippen LogP contribution >= 0.6 is 38.6 Å². The first-order valence-corrected chi connectivity index (χ1v) is 10.5. The number of nitrogens with two attached hydrogens (primary N) is 2. The number of nitrogens with zero attached hydrogens (tertiary/aromatic N) is 2. The topological polar surface area (TPSA) is 141 Å². The summed E-state index contributed by atoms with van der Waals surface area (Å²) in [4.78, 5) is 20.8. The lowest BCUT2D eigenvalue weighted by molar-refractivity contribution is 0.104. The van der Waals surface area contributed by atoms with Crippen molar-refractivity contribution in [2.24, 2.45) is 5.14 Å². The third-order valence-electron chi connectivity index (χ3n) is 2.97. The first-order valence-electron chi connectivity index (χ1n) is 6.56. The summed E-state index contributed by atoms with van der Waals surface area (Å²) in [7, 11) is -3.75. The van der Waals surface area contributed by atoms with E-state index in [1.54, 1.807) is 6.20 Å². The number of halogens is 1. The van der Waals surface area contributed by atoms with E-state index in [1.165, 1.54) is 35.6 Å². The van der Waals surface area contributed by atoms with Crippen LogP contribution in [0.25, 0.3) is 0 Å². The number of ketones is 1. The van der Waals surface area contributed by atoms with E-state index < -0.39 is 10.0 Å². The van der Waals surface area contributed by atoms with Crippen LogP contribution in [0.2, 0.25) is 0 Å². The molecule has 8 nitrogen and oxygen atoms in total. The van der Waals surface area contributed by atoms with Crippen LogP contribution in [0.15, 0.2) is 39.1 Å². The Morgan fingerprint density at radius 1 is 1.20 bits per heavy atom. The van der Waals surface area contributed by atoms with E-state index in [2.05, 4.69) is 31.2 Å². The molecule has 0 bridgehead atoms. The van der Waals surface area contributed by atoms with Gasteiger partial charge in [-0.3, -0.25) is 4.79 Å². The van der Waals surface area contributed by atoms with E-state index in [4.69, 9.17) is 10.9 Å². The molecule has 0 radical (unpaired) electrons. The Balaban J connectivity index is 1.82. The van der Waals surface area contributed by atoms with Gasteiger partial charge in [-0.25, -0.2) is 23.5 Å². The second-order valence-corrected chi connectivity index (χ2v) is 9.70. The van der Waals surface area contributed by atoms with Gasteiger partial charge in [0.2, 0.25) is 15.8 Å². The number of thiazole rings is 2. The number of primary sulfonamides is 1. The molecule has 0 unspecified atom stereocenters. The molecule has 2 aromatic heterocycles. The number of anilines is 3. The molecule has 0 saturated carbocycles. The maximum absolute atomic E-state index is 12.4. The first-order chi connectivity index (χ1) is 11.7. The molecule has 2 heterocycles. The SMILES string of the molecule is Nc1nc(Nc2ccc(S(N)(=O)=O)cc2)sc1C(=O)c1ncc(Br)s1. The molecule has 0 spiro atoms. The molecule has 0 aliphatic carbocycles. The van der Waals surface area contributed by atoms with Crippen LogP contribution in [0, 0.1) is 0 Å². The summed E-state index contributed by atoms with van der Waals surface area (Å²) in [5.41, 5.74) is 6.41. The predicted molar refractivity (Wildman–Crippen MR) is 101 cm³/mol. The van der Waals surface area contributed by atoms with Gasteiger partial charge in [0.25, 0.3) is 0 Å². The largest absolute Gasteiger partial charge is 0.382 e. The van der Waals surface area contributed by atoms with E-state index in [9.17, 15) is 13.2 Å². The average Bonchev–Trinajstić information content (AvgIpc) is 3.12. The maximum atomic E-state index is 12.4. The molecule has 3 aromatic rings. The van der Waals surface area contributed by atoms with Crippen LogP contribution in [0.1, 0.15) is 14.7 Å². The fourth-order valence-electron chi connectivity index (χ4n) is 1.86. The van der Waals surface area contributed by atoms with Crippen molar-refractivity contribution in [3.63, 3.8) is 0 Å². The summed E-state index contributed by atoms with van der Waals surface area (Å²) in [6.45, 7) is 0. The van der Waals surface area contributed by atoms with Crippen LogP contribution in [0.5, 0.6) is 0 Å². The van der Waals surface area contributed by atoms with Gasteiger partial charge in [-0.2, -0.15) is 0 Å². The van der Waals surface area contributed by atoms with Crippen molar-refractivity contribution >= 4 is 71.0 Å². The monoisotopic (exact) mass is 459 g/mol. The van der Waals surface area contributed by atoms with Crippen molar-refractivity contribution in [1.29, 1.82) is 0 Å². The molecule has 0 aliphatic rings. The van der Waals surface area contributed by atoms with E-state index in [0.717, 1.165) is 15.1 Å². The second-order valence-electron chi connectivity index (χ2n) is 4.73. The number of rotatable bonds is 5. The molecule has 25 heavy (non-hydrogen) atoms. The minimum absolute atomic E-state index is 0.00177. The highest BCUT2D eigenvalue weighted by Crippen LogP contribution is 2.31. The summed E-state index contributed by atoms with van der Waals surface area (Å²) in [5, 5.41) is 8.73. The average molecular weight is 460 g/mol. The maximum Gasteiger partial charge on any atom is 0.238 e. The predicted octanol–water partition coefficient (Wildman–Crippen LogP) is 2.57. The van der Waals surface area contributed by atoms with Gasteiger partial charge in [-0.15, -0.1) is 11.3 Å². The standard InChI is InChI=1S/C13H10BrN5O3S3/c14-8-5-17-12(23-8)9(20)10-11(15)19-13(24-10)18-6-1-3-7(4-2-6)25(16,21)22/h1-5H,15H2,(H,18,19)(H2,16,21,22). The quantitative estimate of drug-likeness (QED) is 0.497. The molecule has 0 saturated heterocycles. The molecular formula is C13H10BrN5O3S3. The summed E-state index contributed by atoms with van der Waals surface area (Å²) in [6.07, 6.45) is 1.54. The lowest BCUT2D eigenvalue weighted by atomic mass is 10.3. The highest BCUT2D eigenvalue weighted by molar-refractivity contribution is 9.11. The molecule has 0 atom stereocenters. The molecule has 0 fully saturated rings. The van der Waals surface area contributed by atoms with Crippen molar-refractivity contribution in [1.82, 2.24) is 9.97 Å². The van der Waals surface area contributed by atoms with Gasteiger partial charge >= 0.3 is 0 Å². The lowest BCUT2D eigenvalue weighted by Gasteiger charge is -2.03. The minimum Gasteiger partial charge on any atom is -0.382 e. The van der Waals surface area contributed by atoms with Gasteiger partial charge in [0, 0.05) is 5.69 Å². The van der Waals surface area contributed by atoms with Crippen molar-refractivity contribution in [2.75, 3.05) is 11.1 Å². The van der Waals surface area contributed by atoms with Crippen LogP contribution in [-0.2, 0) is 10.0 Å². The van der Waals surface area contributed by atoms with Gasteiger partial charge in [0.1, 0.15) is 10.7 Å². The number of sulfonamides is 1. The fourth-order valence-corrected chi connectivity index (χ4v) is 4.43. The number of benzene rings is 1. The smallest absolute Gasteiger partial charge is 0.238 e. The normalized spacial score (nSPS) is 11.4. The number of nitrogen functional groups attached to an aromatic ring is 1. The molecule has 0 amide bonds. The summed E-state index contributed by atoms with van der Waals surface area (Å²) >= 11 is 5.55. The third kappa shape index (κ3) is 4.04. The number of hydrogen-bond donors (Lipinski definition) is 3. The molecule has 1 aromatic carbocycles. The van der Waals surface area contributed by atoms with Gasteiger partial charge in [-0.1, -0.05) is 11.3 Å². The molecule has 0 aliphatic heterocycles. The summed E-state index contributed by atoms with van der Waals surface area (Å²) < 4.78 is 23.2. The Labute approximate surface area is 159 Å². The number of carbonyl (C=O) groups excluding carboxylic acids is 1. The molecule has 3 rings (SSSR count). The van der Waals surface area contributed by atoms with Crippen LogP contribution in [0.3, 0.4) is 0 Å². The van der Waals surface area contributed by atoms with Crippen molar-refractivity contribution < 1.29 is 13.2 Å². The Morgan fingerprint density at radius 3 is 2.44 bits per heavy atom. The van der Waals surface area contributed by atoms with Gasteiger partial charge in [0.05, 0.1) is 14.9 Å². The lowest BCUT2D eigenvalue weighted by Crippen LogP contribution is -2.11. The van der Waals surface area contributed by atoms with Crippen LogP contribution in [0.4, 0.5) is 16.6 Å². The van der Waals surface area contributed by atoms with E-state index >= 15 is 0 Å². The number of carbonyl (C=O) groups is 1. The van der Waals surface area contributed by atoms with Crippen molar-refractivity contribution in [3.8, 4) is 0 Å². The van der Waals surface area contributed by atoms with E-state index in [0.29, 0.717) is 15.8 Å². The highest BCUT2D eigenvalue weighted by Gasteiger charge is 2.21. The van der Waals surface area contributed by atoms with Crippen molar-refractivity contribution in [2.45, 2.75) is 4.90 Å². The number of hydrogen-bond acceptors (Lipinski definition) is 9. The Kier molecular flexibility index (Phi) is 4.88. The summed E-state index contributed by atoms with van der Waals surface area (Å²) in [5.74, 6) is -0.201. The second kappa shape index (κ2) is 6.80. The van der Waals surface area contributed by atoms with Crippen LogP contribution in [-0.4, -0.2) is 24.2 Å². The number of nitrogens with one attached hydrogen (secondary N) is 1. The zero-order valence-corrected chi connectivity index (χ0v) is 16.3. The highest BCUT2D eigenvalue weighted by atomic mass is 79.9. The van der Waals surface area contributed by atoms with Gasteiger partial charge in [0.15, 0.2) is 10.1 Å². The molecular weight excluding hydrogens is 450 g/mol. The van der Waals surface area contributed by atoms with Gasteiger partial charge < -0.3 is 11.1 Å². The Morgan fingerprint density at radius 2 is 1.88 bits per heavy atom. The Bertz CT molecular complexity index is 1040. The first kappa shape index (κ1) is 17.9. The summed E-state index contributed by atoms with van der Waals surface area (Å²) in [6, 6.07) is 5.81. The molecule has 130 valence electrons. The zero-order chi connectivity index (χ0) is 18.2. The third-order valence-corrected chi connectivity index (χ3v) is 6.35. The van der Waals surface area contributed by atoms with Crippen LogP contribution < -0.4 is 16.2 Å². The minimum atomic E-state index is -3.75. The fraction of sp³-hybridized carbons (Fsp3) is 0. The zero-order valence-electron chi connectivity index (χ0n) is 12.3. The van der Waals surface area contributed by atoms with E-state index in [1.807, 2.05) is 0 Å². The number of aromatic nitrogens is 2. The van der Waals surface area contributed by atoms with Gasteiger partial charge in [-0.05, 0) is 40.2 Å². The Hall–Kier alpha value is -1.86. The van der Waals surface area contributed by atoms with E-state index in [-0.39, 0.29) is 21.4 Å². The van der Waals surface area contributed by atoms with Crippen molar-refractivity contribution in [3.05, 3.63) is 44.1 Å².